The Morgan fingerprint density at radius 2 is 1.81 bits per heavy atom. The van der Waals surface area contributed by atoms with Crippen molar-refractivity contribution in [1.29, 1.82) is 0 Å². The van der Waals surface area contributed by atoms with E-state index in [2.05, 4.69) is 38.2 Å². The maximum atomic E-state index is 6.24. The van der Waals surface area contributed by atoms with Crippen molar-refractivity contribution in [3.05, 3.63) is 28.8 Å². The highest BCUT2D eigenvalue weighted by Gasteiger charge is 2.43. The summed E-state index contributed by atoms with van der Waals surface area (Å²) in [5.74, 6) is 1.00. The fraction of sp³-hybridized carbons (Fsp3) is 0.647. The van der Waals surface area contributed by atoms with Crippen molar-refractivity contribution >= 4 is 0 Å². The molecular formula is C17H27NO3. The normalized spacial score (nSPS) is 24.7. The molecular weight excluding hydrogens is 266 g/mol. The maximum absolute atomic E-state index is 6.24. The van der Waals surface area contributed by atoms with Gasteiger partial charge in [-0.25, -0.2) is 0 Å². The van der Waals surface area contributed by atoms with Crippen LogP contribution in [0.2, 0.25) is 0 Å². The topological polar surface area (TPSA) is 39.7 Å². The van der Waals surface area contributed by atoms with Crippen LogP contribution in [-0.2, 0) is 9.47 Å². The average Bonchev–Trinajstić information content (AvgIpc) is 2.41. The Balaban J connectivity index is 2.02. The molecule has 0 bridgehead atoms. The lowest BCUT2D eigenvalue weighted by Crippen LogP contribution is -2.60. The second kappa shape index (κ2) is 7.25. The first-order chi connectivity index (χ1) is 10.1. The molecule has 0 heterocycles. The number of rotatable bonds is 7. The number of methoxy groups -OCH3 is 1. The molecule has 118 valence electrons. The van der Waals surface area contributed by atoms with Crippen molar-refractivity contribution in [2.75, 3.05) is 27.4 Å². The Hall–Kier alpha value is -1.10. The van der Waals surface area contributed by atoms with Crippen molar-refractivity contribution < 1.29 is 14.2 Å². The van der Waals surface area contributed by atoms with Crippen LogP contribution in [0.25, 0.3) is 0 Å². The first kappa shape index (κ1) is 16.3. The van der Waals surface area contributed by atoms with Crippen LogP contribution in [0.1, 0.15) is 23.1 Å². The molecule has 1 fully saturated rings. The molecule has 2 rings (SSSR count). The molecule has 0 saturated heterocycles. The molecule has 3 unspecified atom stereocenters. The van der Waals surface area contributed by atoms with Crippen LogP contribution in [0.15, 0.2) is 12.1 Å². The van der Waals surface area contributed by atoms with Crippen molar-refractivity contribution in [2.45, 2.75) is 45.4 Å². The van der Waals surface area contributed by atoms with E-state index in [0.717, 1.165) is 12.2 Å². The molecule has 1 aromatic carbocycles. The second-order valence-electron chi connectivity index (χ2n) is 5.84. The highest BCUT2D eigenvalue weighted by molar-refractivity contribution is 5.43. The summed E-state index contributed by atoms with van der Waals surface area (Å²) in [5.41, 5.74) is 3.65. The van der Waals surface area contributed by atoms with Gasteiger partial charge in [0, 0.05) is 19.6 Å². The van der Waals surface area contributed by atoms with E-state index in [4.69, 9.17) is 14.2 Å². The molecule has 0 amide bonds. The van der Waals surface area contributed by atoms with Gasteiger partial charge in [0.2, 0.25) is 0 Å². The van der Waals surface area contributed by atoms with Gasteiger partial charge >= 0.3 is 0 Å². The van der Waals surface area contributed by atoms with Gasteiger partial charge in [-0.15, -0.1) is 0 Å². The lowest BCUT2D eigenvalue weighted by molar-refractivity contribution is -0.114. The minimum absolute atomic E-state index is 0.0882. The van der Waals surface area contributed by atoms with Crippen molar-refractivity contribution in [3.8, 4) is 5.75 Å². The van der Waals surface area contributed by atoms with Gasteiger partial charge in [-0.2, -0.15) is 0 Å². The Morgan fingerprint density at radius 3 is 2.38 bits per heavy atom. The van der Waals surface area contributed by atoms with Gasteiger partial charge in [0.05, 0.1) is 13.2 Å². The summed E-state index contributed by atoms with van der Waals surface area (Å²) in [7, 11) is 3.66. The average molecular weight is 293 g/mol. The second-order valence-corrected chi connectivity index (χ2v) is 5.84. The molecule has 0 aromatic heterocycles. The van der Waals surface area contributed by atoms with Gasteiger partial charge < -0.3 is 19.5 Å². The first-order valence-electron chi connectivity index (χ1n) is 7.59. The van der Waals surface area contributed by atoms with E-state index >= 15 is 0 Å². The van der Waals surface area contributed by atoms with Gasteiger partial charge in [0.15, 0.2) is 0 Å². The van der Waals surface area contributed by atoms with E-state index in [-0.39, 0.29) is 12.2 Å². The minimum atomic E-state index is 0.0882. The summed E-state index contributed by atoms with van der Waals surface area (Å²) in [5, 5.41) is 3.29. The fourth-order valence-electron chi connectivity index (χ4n) is 2.97. The number of hydrogen-bond donors (Lipinski definition) is 1. The lowest BCUT2D eigenvalue weighted by Gasteiger charge is -2.44. The van der Waals surface area contributed by atoms with Gasteiger partial charge in [-0.3, -0.25) is 0 Å². The van der Waals surface area contributed by atoms with E-state index < -0.39 is 0 Å². The number of likely N-dealkylation sites (N-methyl/N-ethyl adjacent to an activating group) is 1. The molecule has 4 nitrogen and oxygen atoms in total. The molecule has 0 radical (unpaired) electrons. The van der Waals surface area contributed by atoms with Gasteiger partial charge in [0.1, 0.15) is 18.0 Å². The van der Waals surface area contributed by atoms with Crippen LogP contribution >= 0.6 is 0 Å². The van der Waals surface area contributed by atoms with Gasteiger partial charge in [0.25, 0.3) is 0 Å². The molecule has 1 N–H and O–H groups in total. The fourth-order valence-corrected chi connectivity index (χ4v) is 2.97. The quantitative estimate of drug-likeness (QED) is 0.784. The number of hydrogen-bond acceptors (Lipinski definition) is 4. The zero-order valence-electron chi connectivity index (χ0n) is 13.7. The van der Waals surface area contributed by atoms with E-state index in [1.54, 1.807) is 7.11 Å². The lowest BCUT2D eigenvalue weighted by atomic mass is 9.85. The minimum Gasteiger partial charge on any atom is -0.487 e. The SMILES string of the molecule is CNC1CC(Oc2c(C)cc(C)cc2C)C1OCCOC. The van der Waals surface area contributed by atoms with Crippen molar-refractivity contribution in [1.82, 2.24) is 5.32 Å². The molecule has 21 heavy (non-hydrogen) atoms. The third kappa shape index (κ3) is 3.76. The van der Waals surface area contributed by atoms with Crippen LogP contribution in [-0.4, -0.2) is 45.6 Å². The predicted octanol–water partition coefficient (Wildman–Crippen LogP) is 2.38. The van der Waals surface area contributed by atoms with Crippen molar-refractivity contribution in [2.24, 2.45) is 0 Å². The third-order valence-corrected chi connectivity index (χ3v) is 4.09. The summed E-state index contributed by atoms with van der Waals surface area (Å²) in [6, 6.07) is 4.69. The van der Waals surface area contributed by atoms with E-state index in [9.17, 15) is 0 Å². The summed E-state index contributed by atoms with van der Waals surface area (Å²) < 4.78 is 17.2. The summed E-state index contributed by atoms with van der Waals surface area (Å²) in [6.45, 7) is 7.53. The zero-order chi connectivity index (χ0) is 15.4. The first-order valence-corrected chi connectivity index (χ1v) is 7.59. The zero-order valence-corrected chi connectivity index (χ0v) is 13.7. The van der Waals surface area contributed by atoms with Gasteiger partial charge in [-0.05, 0) is 38.9 Å². The monoisotopic (exact) mass is 293 g/mol. The maximum Gasteiger partial charge on any atom is 0.128 e. The number of nitrogens with one attached hydrogen (secondary N) is 1. The Bertz CT molecular complexity index is 452. The number of benzene rings is 1. The molecule has 1 aliphatic carbocycles. The molecule has 1 saturated carbocycles. The number of ether oxygens (including phenoxy) is 3. The summed E-state index contributed by atoms with van der Waals surface area (Å²) in [6.07, 6.45) is 1.17. The van der Waals surface area contributed by atoms with Crippen molar-refractivity contribution in [3.63, 3.8) is 0 Å². The van der Waals surface area contributed by atoms with E-state index in [1.807, 2.05) is 7.05 Å². The Morgan fingerprint density at radius 1 is 1.14 bits per heavy atom. The molecule has 0 aliphatic heterocycles. The highest BCUT2D eigenvalue weighted by atomic mass is 16.6. The van der Waals surface area contributed by atoms with Crippen LogP contribution in [0.4, 0.5) is 0 Å². The van der Waals surface area contributed by atoms with Crippen LogP contribution in [0, 0.1) is 20.8 Å². The Kier molecular flexibility index (Phi) is 5.62. The standard InChI is InChI=1S/C17H27NO3/c1-11-8-12(2)16(13(3)9-11)21-15-10-14(18-4)17(15)20-7-6-19-5/h8-9,14-15,17-18H,6-7,10H2,1-5H3. The largest absolute Gasteiger partial charge is 0.487 e. The third-order valence-electron chi connectivity index (χ3n) is 4.09. The highest BCUT2D eigenvalue weighted by Crippen LogP contribution is 2.33. The van der Waals surface area contributed by atoms with Crippen LogP contribution in [0.5, 0.6) is 5.75 Å². The van der Waals surface area contributed by atoms with Crippen LogP contribution in [0.3, 0.4) is 0 Å². The summed E-state index contributed by atoms with van der Waals surface area (Å²) in [4.78, 5) is 0. The van der Waals surface area contributed by atoms with Crippen LogP contribution < -0.4 is 10.1 Å². The molecule has 1 aliphatic rings. The smallest absolute Gasteiger partial charge is 0.128 e. The van der Waals surface area contributed by atoms with E-state index in [0.29, 0.717) is 19.3 Å². The predicted molar refractivity (Wildman–Crippen MR) is 84.1 cm³/mol. The van der Waals surface area contributed by atoms with Gasteiger partial charge in [-0.1, -0.05) is 17.7 Å². The molecule has 1 aromatic rings. The molecule has 0 spiro atoms. The molecule has 3 atom stereocenters. The Labute approximate surface area is 127 Å². The number of aryl methyl sites for hydroxylation is 3. The molecule has 4 heteroatoms. The summed E-state index contributed by atoms with van der Waals surface area (Å²) >= 11 is 0. The van der Waals surface area contributed by atoms with E-state index in [1.165, 1.54) is 16.7 Å².